The van der Waals surface area contributed by atoms with E-state index in [0.29, 0.717) is 0 Å². The molecule has 72 heavy (non-hydrogen) atoms. The van der Waals surface area contributed by atoms with Crippen LogP contribution in [0.25, 0.3) is 117 Å². The van der Waals surface area contributed by atoms with Gasteiger partial charge in [0, 0.05) is 38.0 Å². The second kappa shape index (κ2) is 20.3. The molecule has 3 heterocycles. The zero-order valence-electron chi connectivity index (χ0n) is 39.2. The van der Waals surface area contributed by atoms with Gasteiger partial charge in [0.1, 0.15) is 0 Å². The van der Waals surface area contributed by atoms with E-state index in [1.54, 1.807) is 6.20 Å². The molecule has 0 bridgehead atoms. The van der Waals surface area contributed by atoms with Gasteiger partial charge in [-0.05, 0) is 91.8 Å². The number of benzene rings is 9. The number of aromatic nitrogens is 5. The Kier molecular flexibility index (Phi) is 12.8. The van der Waals surface area contributed by atoms with Crippen LogP contribution in [0.5, 0.6) is 0 Å². The van der Waals surface area contributed by atoms with Gasteiger partial charge in [-0.1, -0.05) is 173 Å². The molecule has 0 aliphatic heterocycles. The molecule has 6 heteroatoms. The first-order valence-electron chi connectivity index (χ1n) is 23.7. The molecule has 0 fully saturated rings. The van der Waals surface area contributed by atoms with E-state index in [9.17, 15) is 0 Å². The molecular weight excluding hydrogens is 1050 g/mol. The van der Waals surface area contributed by atoms with Crippen molar-refractivity contribution in [3.05, 3.63) is 268 Å². The summed E-state index contributed by atoms with van der Waals surface area (Å²) in [5, 5.41) is 4.44. The van der Waals surface area contributed by atoms with Crippen molar-refractivity contribution in [1.29, 1.82) is 0 Å². The molecule has 342 valence electrons. The van der Waals surface area contributed by atoms with Gasteiger partial charge in [-0.25, -0.2) is 0 Å². The van der Waals surface area contributed by atoms with Crippen LogP contribution in [0.15, 0.2) is 249 Å². The van der Waals surface area contributed by atoms with Crippen LogP contribution in [0.4, 0.5) is 0 Å². The Morgan fingerprint density at radius 1 is 0.347 bits per heavy atom. The minimum Gasteiger partial charge on any atom is -0.373 e. The number of hydrogen-bond donors (Lipinski definition) is 0. The number of rotatable bonds is 11. The Morgan fingerprint density at radius 2 is 0.889 bits per heavy atom. The van der Waals surface area contributed by atoms with Crippen LogP contribution in [0, 0.1) is 18.2 Å². The largest absolute Gasteiger partial charge is 3.00 e. The number of hydrogen-bond acceptors (Lipinski definition) is 3. The molecule has 12 aromatic rings. The molecule has 0 atom stereocenters. The summed E-state index contributed by atoms with van der Waals surface area (Å²) in [4.78, 5) is 9.31. The van der Waals surface area contributed by atoms with E-state index >= 15 is 0 Å². The fourth-order valence-electron chi connectivity index (χ4n) is 9.63. The van der Waals surface area contributed by atoms with Crippen molar-refractivity contribution in [2.24, 2.45) is 7.05 Å². The van der Waals surface area contributed by atoms with E-state index in [1.165, 1.54) is 11.1 Å². The Balaban J connectivity index is 0.00000560. The molecule has 0 aliphatic carbocycles. The third-order valence-corrected chi connectivity index (χ3v) is 13.2. The molecule has 0 aliphatic rings. The van der Waals surface area contributed by atoms with Crippen LogP contribution in [0.3, 0.4) is 0 Å². The Labute approximate surface area is 433 Å². The molecule has 0 N–H and O–H groups in total. The zero-order chi connectivity index (χ0) is 47.5. The van der Waals surface area contributed by atoms with Crippen molar-refractivity contribution >= 4 is 0 Å². The molecule has 0 spiro atoms. The average molecular weight is 1100 g/mol. The van der Waals surface area contributed by atoms with Gasteiger partial charge in [0.05, 0.1) is 5.82 Å². The topological polar surface area (TPSA) is 48.5 Å². The van der Waals surface area contributed by atoms with Gasteiger partial charge in [-0.2, -0.15) is 23.3 Å². The maximum atomic E-state index is 4.73. The molecule has 3 aromatic heterocycles. The van der Waals surface area contributed by atoms with Gasteiger partial charge in [0.15, 0.2) is 0 Å². The van der Waals surface area contributed by atoms with Gasteiger partial charge in [0.2, 0.25) is 0 Å². The van der Waals surface area contributed by atoms with E-state index in [2.05, 4.69) is 222 Å². The fourth-order valence-corrected chi connectivity index (χ4v) is 9.63. The van der Waals surface area contributed by atoms with Crippen molar-refractivity contribution in [2.45, 2.75) is 0 Å². The van der Waals surface area contributed by atoms with Gasteiger partial charge >= 0.3 is 20.1 Å². The molecular formula is C66H44IrN5. The predicted molar refractivity (Wildman–Crippen MR) is 289 cm³/mol. The van der Waals surface area contributed by atoms with Crippen LogP contribution < -0.4 is 0 Å². The second-order valence-electron chi connectivity index (χ2n) is 17.5. The van der Waals surface area contributed by atoms with E-state index in [0.717, 1.165) is 106 Å². The zero-order valence-corrected chi connectivity index (χ0v) is 41.6. The number of aryl methyl sites for hydroxylation is 1. The second-order valence-corrected chi connectivity index (χ2v) is 17.5. The first-order chi connectivity index (χ1) is 35.1. The van der Waals surface area contributed by atoms with Crippen LogP contribution >= 0.6 is 0 Å². The Bertz CT molecular complexity index is 3790. The minimum absolute atomic E-state index is 0. The smallest absolute Gasteiger partial charge is 0.373 e. The first kappa shape index (κ1) is 45.6. The first-order valence-corrected chi connectivity index (χ1v) is 23.7. The third kappa shape index (κ3) is 9.09. The summed E-state index contributed by atoms with van der Waals surface area (Å²) in [6.45, 7) is 0. The summed E-state index contributed by atoms with van der Waals surface area (Å²) in [7, 11) is 2.01. The van der Waals surface area contributed by atoms with Crippen LogP contribution in [-0.4, -0.2) is 24.3 Å². The Morgan fingerprint density at radius 3 is 1.44 bits per heavy atom. The van der Waals surface area contributed by atoms with Gasteiger partial charge in [-0.3, -0.25) is 9.67 Å². The molecule has 12 rings (SSSR count). The van der Waals surface area contributed by atoms with Gasteiger partial charge in [-0.15, -0.1) is 65.2 Å². The van der Waals surface area contributed by atoms with E-state index in [1.807, 2.05) is 65.3 Å². The van der Waals surface area contributed by atoms with E-state index in [-0.39, 0.29) is 20.1 Å². The van der Waals surface area contributed by atoms with Crippen molar-refractivity contribution in [3.63, 3.8) is 0 Å². The fraction of sp³-hybridized carbons (Fsp3) is 0.0152. The van der Waals surface area contributed by atoms with Crippen LogP contribution in [0.1, 0.15) is 0 Å². The van der Waals surface area contributed by atoms with Crippen LogP contribution in [-0.2, 0) is 27.2 Å². The molecule has 0 saturated heterocycles. The Hall–Kier alpha value is -8.80. The summed E-state index contributed by atoms with van der Waals surface area (Å²) in [5.41, 5.74) is 21.4. The van der Waals surface area contributed by atoms with E-state index < -0.39 is 0 Å². The number of nitrogens with zero attached hydrogens (tertiary/aromatic N) is 5. The monoisotopic (exact) mass is 1100 g/mol. The van der Waals surface area contributed by atoms with E-state index in [4.69, 9.17) is 4.98 Å². The quantitative estimate of drug-likeness (QED) is 0.121. The van der Waals surface area contributed by atoms with Crippen molar-refractivity contribution in [2.75, 3.05) is 0 Å². The molecule has 5 nitrogen and oxygen atoms in total. The molecule has 9 aromatic carbocycles. The molecule has 0 amide bonds. The summed E-state index contributed by atoms with van der Waals surface area (Å²) in [6, 6.07) is 88.3. The molecule has 0 radical (unpaired) electrons. The third-order valence-electron chi connectivity index (χ3n) is 13.2. The van der Waals surface area contributed by atoms with Gasteiger partial charge < -0.3 is 9.55 Å². The van der Waals surface area contributed by atoms with Crippen molar-refractivity contribution < 1.29 is 20.1 Å². The normalized spacial score (nSPS) is 11.0. The maximum Gasteiger partial charge on any atom is 3.00 e. The van der Waals surface area contributed by atoms with Crippen molar-refractivity contribution in [3.8, 4) is 117 Å². The predicted octanol–water partition coefficient (Wildman–Crippen LogP) is 16.1. The van der Waals surface area contributed by atoms with Gasteiger partial charge in [0.25, 0.3) is 0 Å². The number of imidazole rings is 1. The maximum absolute atomic E-state index is 4.73. The average Bonchev–Trinajstić information content (AvgIpc) is 4.16. The van der Waals surface area contributed by atoms with Crippen LogP contribution in [0.2, 0.25) is 0 Å². The standard InChI is InChI=1S/C66H44N5.Ir/c1-70-41-39-68-66(70)51-29-27-48(28-30-51)57-16-5-7-18-59(57)53-42-54(60-19-8-6-17-58(60)49-31-34-56(35-32-49)71-40-13-38-69-71)44-55(43-53)61-20-9-10-21-62(61)63-36-33-52(65-22-11-12-37-67-65)45-64(63)50-25-23-47(24-26-50)46-14-3-2-4-15-46;/h2-29,31-32,34,36-45H,1H3;/q-3;+3. The SMILES string of the molecule is Cn1ccnc1-c1[c-]cc(-c2ccccc2-c2cc(-c3ccccc3-c3c[c-]c(-n4cccn4)cc3)cc(-c3ccccc3-c3c[c-]c(-c4ccccn4)cc3-c3ccc(-c4ccccc4)cc3)c2)cc1.[Ir+3]. The summed E-state index contributed by atoms with van der Waals surface area (Å²) in [6.07, 6.45) is 9.34. The minimum atomic E-state index is 0. The summed E-state index contributed by atoms with van der Waals surface area (Å²) >= 11 is 0. The molecule has 0 saturated carbocycles. The van der Waals surface area contributed by atoms with Crippen molar-refractivity contribution in [1.82, 2.24) is 24.3 Å². The summed E-state index contributed by atoms with van der Waals surface area (Å²) in [5.74, 6) is 0.879. The number of pyridine rings is 1. The molecule has 0 unspecified atom stereocenters. The summed E-state index contributed by atoms with van der Waals surface area (Å²) < 4.78 is 3.85.